The van der Waals surface area contributed by atoms with Gasteiger partial charge < -0.3 is 14.8 Å². The van der Waals surface area contributed by atoms with Crippen LogP contribution in [-0.2, 0) is 11.8 Å². The van der Waals surface area contributed by atoms with Gasteiger partial charge in [0.05, 0.1) is 11.4 Å². The number of benzene rings is 2. The van der Waals surface area contributed by atoms with Gasteiger partial charge in [0.25, 0.3) is 0 Å². The highest BCUT2D eigenvalue weighted by molar-refractivity contribution is 7.15. The first-order chi connectivity index (χ1) is 12.9. The molecule has 3 aromatic rings. The molecule has 0 amide bonds. The number of anilines is 2. The lowest BCUT2D eigenvalue weighted by atomic mass is 9.90. The first-order valence-electron chi connectivity index (χ1n) is 8.80. The Morgan fingerprint density at radius 3 is 2.67 bits per heavy atom. The number of halogens is 1. The number of thiazole rings is 1. The second kappa shape index (κ2) is 6.85. The number of nitrogens with zero attached hydrogens (tertiary/aromatic N) is 1. The number of rotatable bonds is 4. The van der Waals surface area contributed by atoms with E-state index in [4.69, 9.17) is 14.5 Å². The molecule has 2 heterocycles. The topological polar surface area (TPSA) is 43.4 Å². The summed E-state index contributed by atoms with van der Waals surface area (Å²) < 4.78 is 24.8. The van der Waals surface area contributed by atoms with Crippen molar-refractivity contribution < 1.29 is 13.9 Å². The normalized spacial score (nSPS) is 13.0. The van der Waals surface area contributed by atoms with Gasteiger partial charge in [-0.05, 0) is 29.8 Å². The molecule has 1 aromatic heterocycles. The zero-order chi connectivity index (χ0) is 19.0. The fourth-order valence-electron chi connectivity index (χ4n) is 3.03. The monoisotopic (exact) mass is 384 g/mol. The van der Waals surface area contributed by atoms with Crippen LogP contribution in [0, 0.1) is 5.82 Å². The van der Waals surface area contributed by atoms with E-state index < -0.39 is 0 Å². The van der Waals surface area contributed by atoms with Gasteiger partial charge in [-0.1, -0.05) is 39.0 Å². The van der Waals surface area contributed by atoms with Crippen LogP contribution >= 0.6 is 11.3 Å². The number of ether oxygens (including phenoxy) is 2. The molecule has 0 unspecified atom stereocenters. The molecule has 140 valence electrons. The molecule has 2 aromatic carbocycles. The first kappa shape index (κ1) is 17.8. The van der Waals surface area contributed by atoms with Gasteiger partial charge in [0.2, 0.25) is 6.79 Å². The minimum atomic E-state index is -0.290. The lowest BCUT2D eigenvalue weighted by molar-refractivity contribution is 0.174. The van der Waals surface area contributed by atoms with E-state index in [-0.39, 0.29) is 18.0 Å². The Kier molecular flexibility index (Phi) is 4.52. The van der Waals surface area contributed by atoms with Crippen molar-refractivity contribution in [2.24, 2.45) is 0 Å². The predicted molar refractivity (Wildman–Crippen MR) is 106 cm³/mol. The summed E-state index contributed by atoms with van der Waals surface area (Å²) in [7, 11) is 0. The fourth-order valence-corrected chi connectivity index (χ4v) is 4.24. The van der Waals surface area contributed by atoms with E-state index in [9.17, 15) is 4.39 Å². The van der Waals surface area contributed by atoms with Gasteiger partial charge in [-0.2, -0.15) is 0 Å². The molecule has 0 saturated heterocycles. The van der Waals surface area contributed by atoms with Crippen molar-refractivity contribution >= 4 is 22.2 Å². The van der Waals surface area contributed by atoms with Gasteiger partial charge in [0, 0.05) is 16.7 Å². The molecule has 0 bridgehead atoms. The molecule has 0 radical (unpaired) electrons. The summed E-state index contributed by atoms with van der Waals surface area (Å²) in [4.78, 5) is 5.92. The van der Waals surface area contributed by atoms with Crippen molar-refractivity contribution in [1.82, 2.24) is 4.98 Å². The third-order valence-electron chi connectivity index (χ3n) is 4.32. The van der Waals surface area contributed by atoms with Gasteiger partial charge in [-0.15, -0.1) is 11.3 Å². The number of aromatic nitrogens is 1. The number of fused-ring (bicyclic) bond motifs is 1. The molecule has 4 rings (SSSR count). The molecule has 1 aliphatic rings. The van der Waals surface area contributed by atoms with E-state index in [0.717, 1.165) is 34.1 Å². The molecular weight excluding hydrogens is 363 g/mol. The molecule has 1 N–H and O–H groups in total. The molecule has 6 heteroatoms. The first-order valence-corrected chi connectivity index (χ1v) is 9.62. The van der Waals surface area contributed by atoms with Gasteiger partial charge >= 0.3 is 0 Å². The van der Waals surface area contributed by atoms with Crippen LogP contribution < -0.4 is 14.8 Å². The molecule has 0 fully saturated rings. The summed E-state index contributed by atoms with van der Waals surface area (Å²) in [6.07, 6.45) is 0.736. The van der Waals surface area contributed by atoms with Crippen LogP contribution in [-0.4, -0.2) is 11.8 Å². The van der Waals surface area contributed by atoms with E-state index in [1.54, 1.807) is 29.5 Å². The minimum absolute atomic E-state index is 0.114. The molecule has 0 aliphatic carbocycles. The Labute approximate surface area is 162 Å². The summed E-state index contributed by atoms with van der Waals surface area (Å²) in [5.41, 5.74) is 2.47. The summed E-state index contributed by atoms with van der Waals surface area (Å²) in [6, 6.07) is 12.6. The quantitative estimate of drug-likeness (QED) is 0.632. The van der Waals surface area contributed by atoms with Gasteiger partial charge in [-0.25, -0.2) is 9.37 Å². The van der Waals surface area contributed by atoms with E-state index in [1.165, 1.54) is 6.07 Å². The van der Waals surface area contributed by atoms with Crippen LogP contribution in [0.5, 0.6) is 11.5 Å². The fraction of sp³-hybridized carbons (Fsp3) is 0.286. The lowest BCUT2D eigenvalue weighted by Crippen LogP contribution is -2.14. The van der Waals surface area contributed by atoms with Crippen molar-refractivity contribution in [2.75, 3.05) is 12.1 Å². The van der Waals surface area contributed by atoms with Crippen molar-refractivity contribution in [2.45, 2.75) is 32.6 Å². The van der Waals surface area contributed by atoms with Gasteiger partial charge in [0.15, 0.2) is 16.6 Å². The van der Waals surface area contributed by atoms with Crippen molar-refractivity contribution in [1.29, 1.82) is 0 Å². The van der Waals surface area contributed by atoms with Gasteiger partial charge in [0.1, 0.15) is 5.82 Å². The number of hydrogen-bond donors (Lipinski definition) is 1. The number of hydrogen-bond acceptors (Lipinski definition) is 5. The maximum absolute atomic E-state index is 14.0. The van der Waals surface area contributed by atoms with Crippen molar-refractivity contribution in [3.05, 3.63) is 64.4 Å². The highest BCUT2D eigenvalue weighted by atomic mass is 32.1. The minimum Gasteiger partial charge on any atom is -0.454 e. The van der Waals surface area contributed by atoms with E-state index >= 15 is 0 Å². The molecule has 27 heavy (non-hydrogen) atoms. The predicted octanol–water partition coefficient (Wildman–Crippen LogP) is 5.64. The molecule has 4 nitrogen and oxygen atoms in total. The average molecular weight is 384 g/mol. The lowest BCUT2D eigenvalue weighted by Gasteiger charge is -2.17. The maximum Gasteiger partial charge on any atom is 0.231 e. The smallest absolute Gasteiger partial charge is 0.231 e. The van der Waals surface area contributed by atoms with E-state index in [1.807, 2.05) is 18.2 Å². The molecule has 0 saturated carbocycles. The van der Waals surface area contributed by atoms with Crippen LogP contribution in [0.2, 0.25) is 0 Å². The van der Waals surface area contributed by atoms with Gasteiger partial charge in [-0.3, -0.25) is 0 Å². The third kappa shape index (κ3) is 3.76. The number of nitrogens with one attached hydrogen (secondary N) is 1. The molecule has 0 spiro atoms. The maximum atomic E-state index is 14.0. The third-order valence-corrected chi connectivity index (χ3v) is 5.30. The molecule has 1 aliphatic heterocycles. The van der Waals surface area contributed by atoms with Crippen LogP contribution in [0.15, 0.2) is 42.5 Å². The standard InChI is InChI=1S/C21H21FN2O2S/c1-21(2,3)19-18(11-13-8-9-16-17(10-13)26-12-25-16)27-20(24-19)23-15-7-5-4-6-14(15)22/h4-10H,11-12H2,1-3H3,(H,23,24). The van der Waals surface area contributed by atoms with E-state index in [2.05, 4.69) is 26.1 Å². The average Bonchev–Trinajstić information content (AvgIpc) is 3.23. The van der Waals surface area contributed by atoms with Crippen LogP contribution in [0.3, 0.4) is 0 Å². The Morgan fingerprint density at radius 2 is 1.89 bits per heavy atom. The second-order valence-electron chi connectivity index (χ2n) is 7.51. The Balaban J connectivity index is 1.65. The van der Waals surface area contributed by atoms with E-state index in [0.29, 0.717) is 10.8 Å². The highest BCUT2D eigenvalue weighted by Gasteiger charge is 2.24. The Morgan fingerprint density at radius 1 is 1.11 bits per heavy atom. The van der Waals surface area contributed by atoms with Crippen LogP contribution in [0.25, 0.3) is 0 Å². The SMILES string of the molecule is CC(C)(C)c1nc(Nc2ccccc2F)sc1Cc1ccc2c(c1)OCO2. The largest absolute Gasteiger partial charge is 0.454 e. The molecular formula is C21H21FN2O2S. The summed E-state index contributed by atoms with van der Waals surface area (Å²) >= 11 is 1.56. The highest BCUT2D eigenvalue weighted by Crippen LogP contribution is 2.37. The van der Waals surface area contributed by atoms with Crippen LogP contribution in [0.1, 0.15) is 36.9 Å². The summed E-state index contributed by atoms with van der Waals surface area (Å²) in [5, 5.41) is 3.82. The summed E-state index contributed by atoms with van der Waals surface area (Å²) in [6.45, 7) is 6.68. The van der Waals surface area contributed by atoms with Crippen molar-refractivity contribution in [3.63, 3.8) is 0 Å². The van der Waals surface area contributed by atoms with Crippen LogP contribution in [0.4, 0.5) is 15.2 Å². The zero-order valence-corrected chi connectivity index (χ0v) is 16.3. The van der Waals surface area contributed by atoms with Crippen molar-refractivity contribution in [3.8, 4) is 11.5 Å². The Bertz CT molecular complexity index is 979. The number of para-hydroxylation sites is 1. The molecule has 0 atom stereocenters. The Hall–Kier alpha value is -2.60. The summed E-state index contributed by atoms with van der Waals surface area (Å²) in [5.74, 6) is 1.27. The second-order valence-corrected chi connectivity index (χ2v) is 8.59. The zero-order valence-electron chi connectivity index (χ0n) is 15.5.